The Morgan fingerprint density at radius 2 is 1.92 bits per heavy atom. The van der Waals surface area contributed by atoms with Crippen molar-refractivity contribution in [2.45, 2.75) is 13.3 Å². The van der Waals surface area contributed by atoms with Crippen molar-refractivity contribution >= 4 is 11.6 Å². The molecule has 0 aliphatic heterocycles. The molecule has 0 aliphatic rings. The van der Waals surface area contributed by atoms with Crippen LogP contribution in [0.15, 0.2) is 60.9 Å². The molecule has 2 N–H and O–H groups in total. The molecular weight excluding hydrogens is 302 g/mol. The summed E-state index contributed by atoms with van der Waals surface area (Å²) in [4.78, 5) is 15.6. The number of anilines is 1. The third-order valence-electron chi connectivity index (χ3n) is 3.74. The van der Waals surface area contributed by atoms with Crippen LogP contribution in [-0.4, -0.2) is 27.2 Å². The van der Waals surface area contributed by atoms with Gasteiger partial charge in [-0.05, 0) is 42.3 Å². The van der Waals surface area contributed by atoms with Crippen LogP contribution in [0.1, 0.15) is 12.5 Å². The summed E-state index contributed by atoms with van der Waals surface area (Å²) in [7, 11) is 0. The predicted octanol–water partition coefficient (Wildman–Crippen LogP) is 3.03. The molecule has 5 nitrogen and oxygen atoms in total. The summed E-state index contributed by atoms with van der Waals surface area (Å²) in [6, 6.07) is 15.5. The summed E-state index contributed by atoms with van der Waals surface area (Å²) >= 11 is 0. The zero-order valence-corrected chi connectivity index (χ0v) is 13.4. The molecule has 0 fully saturated rings. The fraction of sp³-hybridized carbons (Fsp3) is 0.158. The van der Waals surface area contributed by atoms with Crippen LogP contribution >= 0.6 is 0 Å². The highest BCUT2D eigenvalue weighted by Gasteiger charge is 2.11. The van der Waals surface area contributed by atoms with E-state index >= 15 is 0 Å². The van der Waals surface area contributed by atoms with Gasteiger partial charge < -0.3 is 10.4 Å². The fourth-order valence-corrected chi connectivity index (χ4v) is 2.70. The molecule has 0 atom stereocenters. The molecule has 0 unspecified atom stereocenters. The molecular formula is C19H19N3O2. The van der Waals surface area contributed by atoms with Gasteiger partial charge in [-0.1, -0.05) is 18.2 Å². The highest BCUT2D eigenvalue weighted by molar-refractivity contribution is 5.88. The minimum absolute atomic E-state index is 0.0952. The topological polar surface area (TPSA) is 67.2 Å². The van der Waals surface area contributed by atoms with Gasteiger partial charge in [0, 0.05) is 37.2 Å². The summed E-state index contributed by atoms with van der Waals surface area (Å²) in [6.45, 7) is 1.59. The molecule has 0 saturated heterocycles. The Kier molecular flexibility index (Phi) is 4.72. The van der Waals surface area contributed by atoms with Crippen molar-refractivity contribution in [2.75, 3.05) is 11.9 Å². The third kappa shape index (κ3) is 3.36. The molecule has 0 bridgehead atoms. The van der Waals surface area contributed by atoms with E-state index in [2.05, 4.69) is 10.3 Å². The van der Waals surface area contributed by atoms with Gasteiger partial charge >= 0.3 is 0 Å². The molecule has 122 valence electrons. The average Bonchev–Trinajstić information content (AvgIpc) is 3.05. The van der Waals surface area contributed by atoms with Crippen molar-refractivity contribution in [2.24, 2.45) is 0 Å². The highest BCUT2D eigenvalue weighted by atomic mass is 16.3. The molecule has 1 amide bonds. The van der Waals surface area contributed by atoms with E-state index in [9.17, 15) is 9.90 Å². The lowest BCUT2D eigenvalue weighted by atomic mass is 10.1. The number of para-hydroxylation sites is 1. The van der Waals surface area contributed by atoms with E-state index in [1.807, 2.05) is 59.3 Å². The maximum atomic E-state index is 11.1. The number of amides is 1. The molecule has 1 aromatic heterocycles. The van der Waals surface area contributed by atoms with Gasteiger partial charge in [0.05, 0.1) is 5.69 Å². The predicted molar refractivity (Wildman–Crippen MR) is 94.1 cm³/mol. The third-order valence-corrected chi connectivity index (χ3v) is 3.74. The minimum Gasteiger partial charge on any atom is -0.396 e. The van der Waals surface area contributed by atoms with E-state index in [0.29, 0.717) is 6.42 Å². The number of carbonyl (C=O) groups is 1. The Hall–Kier alpha value is -2.92. The largest absolute Gasteiger partial charge is 0.396 e. The number of aromatic nitrogens is 2. The first-order valence-corrected chi connectivity index (χ1v) is 7.79. The molecule has 0 radical (unpaired) electrons. The average molecular weight is 321 g/mol. The first kappa shape index (κ1) is 16.0. The molecule has 1 heterocycles. The first-order chi connectivity index (χ1) is 11.7. The van der Waals surface area contributed by atoms with Crippen LogP contribution in [0.25, 0.3) is 17.1 Å². The van der Waals surface area contributed by atoms with Gasteiger partial charge in [0.25, 0.3) is 0 Å². The van der Waals surface area contributed by atoms with Crippen LogP contribution in [0.5, 0.6) is 0 Å². The van der Waals surface area contributed by atoms with Crippen LogP contribution in [0.2, 0.25) is 0 Å². The summed E-state index contributed by atoms with van der Waals surface area (Å²) in [5.41, 5.74) is 3.78. The Morgan fingerprint density at radius 3 is 2.62 bits per heavy atom. The molecule has 5 heteroatoms. The van der Waals surface area contributed by atoms with Gasteiger partial charge in [0.1, 0.15) is 5.82 Å². The van der Waals surface area contributed by atoms with Gasteiger partial charge in [0.2, 0.25) is 5.91 Å². The Bertz CT molecular complexity index is 838. The Morgan fingerprint density at radius 1 is 1.17 bits per heavy atom. The summed E-state index contributed by atoms with van der Waals surface area (Å²) < 4.78 is 2.01. The van der Waals surface area contributed by atoms with E-state index in [0.717, 1.165) is 28.3 Å². The van der Waals surface area contributed by atoms with E-state index in [1.54, 1.807) is 6.20 Å². The molecule has 0 saturated carbocycles. The Balaban J connectivity index is 1.98. The van der Waals surface area contributed by atoms with Gasteiger partial charge in [-0.25, -0.2) is 4.98 Å². The monoisotopic (exact) mass is 321 g/mol. The maximum absolute atomic E-state index is 11.1. The summed E-state index contributed by atoms with van der Waals surface area (Å²) in [5.74, 6) is 0.719. The van der Waals surface area contributed by atoms with Crippen LogP contribution in [-0.2, 0) is 11.2 Å². The summed E-state index contributed by atoms with van der Waals surface area (Å²) in [5, 5.41) is 12.0. The smallest absolute Gasteiger partial charge is 0.221 e. The SMILES string of the molecule is CC(=O)Nc1ccc(-c2nccn2-c2ccccc2CCO)cc1. The lowest BCUT2D eigenvalue weighted by molar-refractivity contribution is -0.114. The van der Waals surface area contributed by atoms with Gasteiger partial charge in [-0.3, -0.25) is 9.36 Å². The van der Waals surface area contributed by atoms with E-state index < -0.39 is 0 Å². The van der Waals surface area contributed by atoms with E-state index in [-0.39, 0.29) is 12.5 Å². The quantitative estimate of drug-likeness (QED) is 0.759. The lowest BCUT2D eigenvalue weighted by Gasteiger charge is -2.13. The number of nitrogens with zero attached hydrogens (tertiary/aromatic N) is 2. The van der Waals surface area contributed by atoms with Crippen LogP contribution < -0.4 is 5.32 Å². The number of hydrogen-bond donors (Lipinski definition) is 2. The second-order valence-electron chi connectivity index (χ2n) is 5.48. The standard InChI is InChI=1S/C19H19N3O2/c1-14(24)21-17-8-6-16(7-9-17)19-20-11-12-22(19)18-5-3-2-4-15(18)10-13-23/h2-9,11-12,23H,10,13H2,1H3,(H,21,24). The minimum atomic E-state index is -0.0952. The van der Waals surface area contributed by atoms with Gasteiger partial charge in [-0.2, -0.15) is 0 Å². The number of rotatable bonds is 5. The van der Waals surface area contributed by atoms with Crippen molar-refractivity contribution in [1.82, 2.24) is 9.55 Å². The van der Waals surface area contributed by atoms with Crippen molar-refractivity contribution in [3.05, 3.63) is 66.5 Å². The lowest BCUT2D eigenvalue weighted by Crippen LogP contribution is -2.05. The number of aliphatic hydroxyl groups excluding tert-OH is 1. The van der Waals surface area contributed by atoms with Crippen LogP contribution in [0, 0.1) is 0 Å². The normalized spacial score (nSPS) is 10.6. The maximum Gasteiger partial charge on any atom is 0.221 e. The number of hydrogen-bond acceptors (Lipinski definition) is 3. The van der Waals surface area contributed by atoms with E-state index in [4.69, 9.17) is 0 Å². The van der Waals surface area contributed by atoms with Gasteiger partial charge in [-0.15, -0.1) is 0 Å². The zero-order valence-electron chi connectivity index (χ0n) is 13.4. The summed E-state index contributed by atoms with van der Waals surface area (Å²) in [6.07, 6.45) is 4.26. The van der Waals surface area contributed by atoms with Crippen molar-refractivity contribution < 1.29 is 9.90 Å². The number of aliphatic hydroxyl groups is 1. The van der Waals surface area contributed by atoms with Crippen molar-refractivity contribution in [3.8, 4) is 17.1 Å². The second-order valence-corrected chi connectivity index (χ2v) is 5.48. The number of nitrogens with one attached hydrogen (secondary N) is 1. The molecule has 3 rings (SSSR count). The molecule has 0 spiro atoms. The van der Waals surface area contributed by atoms with Crippen molar-refractivity contribution in [1.29, 1.82) is 0 Å². The number of carbonyl (C=O) groups excluding carboxylic acids is 1. The Labute approximate surface area is 140 Å². The molecule has 3 aromatic rings. The molecule has 2 aromatic carbocycles. The van der Waals surface area contributed by atoms with Gasteiger partial charge in [0.15, 0.2) is 0 Å². The molecule has 24 heavy (non-hydrogen) atoms. The fourth-order valence-electron chi connectivity index (χ4n) is 2.70. The molecule has 0 aliphatic carbocycles. The van der Waals surface area contributed by atoms with E-state index in [1.165, 1.54) is 6.92 Å². The highest BCUT2D eigenvalue weighted by Crippen LogP contribution is 2.25. The first-order valence-electron chi connectivity index (χ1n) is 7.79. The number of benzene rings is 2. The van der Waals surface area contributed by atoms with Crippen LogP contribution in [0.4, 0.5) is 5.69 Å². The zero-order chi connectivity index (χ0) is 16.9. The van der Waals surface area contributed by atoms with Crippen LogP contribution in [0.3, 0.4) is 0 Å². The second kappa shape index (κ2) is 7.10. The number of imidazole rings is 1. The van der Waals surface area contributed by atoms with Crippen molar-refractivity contribution in [3.63, 3.8) is 0 Å².